The maximum absolute atomic E-state index is 12.8. The van der Waals surface area contributed by atoms with E-state index in [0.717, 1.165) is 23.2 Å². The number of benzene rings is 2. The number of sulfonamides is 1. The Morgan fingerprint density at radius 2 is 1.81 bits per heavy atom. The fourth-order valence-corrected chi connectivity index (χ4v) is 5.05. The molecule has 0 bridgehead atoms. The zero-order valence-corrected chi connectivity index (χ0v) is 19.1. The minimum Gasteiger partial charge on any atom is -0.379 e. The highest BCUT2D eigenvalue weighted by Gasteiger charge is 2.25. The highest BCUT2D eigenvalue weighted by atomic mass is 32.2. The van der Waals surface area contributed by atoms with E-state index in [-0.39, 0.29) is 5.75 Å². The van der Waals surface area contributed by atoms with Crippen LogP contribution in [0.2, 0.25) is 0 Å². The van der Waals surface area contributed by atoms with Crippen molar-refractivity contribution in [2.24, 2.45) is 4.99 Å². The van der Waals surface area contributed by atoms with Gasteiger partial charge < -0.3 is 15.4 Å². The largest absolute Gasteiger partial charge is 0.379 e. The van der Waals surface area contributed by atoms with Crippen molar-refractivity contribution in [1.82, 2.24) is 14.9 Å². The molecule has 2 N–H and O–H groups in total. The first-order valence-electron chi connectivity index (χ1n) is 10.7. The Bertz CT molecular complexity index is 986. The third kappa shape index (κ3) is 7.05. The predicted molar refractivity (Wildman–Crippen MR) is 124 cm³/mol. The number of rotatable bonds is 8. The van der Waals surface area contributed by atoms with Crippen molar-refractivity contribution in [3.8, 4) is 0 Å². The van der Waals surface area contributed by atoms with Gasteiger partial charge in [0.15, 0.2) is 5.96 Å². The Morgan fingerprint density at radius 1 is 1.06 bits per heavy atom. The van der Waals surface area contributed by atoms with Gasteiger partial charge in [-0.05, 0) is 30.5 Å². The van der Waals surface area contributed by atoms with Gasteiger partial charge in [-0.3, -0.25) is 0 Å². The van der Waals surface area contributed by atoms with Crippen LogP contribution < -0.4 is 10.6 Å². The molecule has 0 spiro atoms. The normalized spacial score (nSPS) is 15.6. The van der Waals surface area contributed by atoms with E-state index >= 15 is 0 Å². The van der Waals surface area contributed by atoms with Crippen LogP contribution >= 0.6 is 0 Å². The number of nitrogens with zero attached hydrogens (tertiary/aromatic N) is 2. The second kappa shape index (κ2) is 11.3. The summed E-state index contributed by atoms with van der Waals surface area (Å²) in [5, 5.41) is 6.59. The fraction of sp³-hybridized carbons (Fsp3) is 0.435. The molecule has 0 aromatic heterocycles. The van der Waals surface area contributed by atoms with E-state index in [0.29, 0.717) is 45.4 Å². The Kier molecular flexibility index (Phi) is 8.45. The fourth-order valence-electron chi connectivity index (χ4n) is 3.48. The molecular formula is C23H32N4O3S. The van der Waals surface area contributed by atoms with Crippen molar-refractivity contribution in [2.45, 2.75) is 32.7 Å². The molecule has 0 atom stereocenters. The van der Waals surface area contributed by atoms with Crippen LogP contribution in [-0.2, 0) is 33.6 Å². The molecule has 1 aliphatic rings. The van der Waals surface area contributed by atoms with Crippen LogP contribution in [0.4, 0.5) is 0 Å². The van der Waals surface area contributed by atoms with E-state index in [1.165, 1.54) is 9.87 Å². The molecule has 1 aliphatic heterocycles. The number of hydrogen-bond donors (Lipinski definition) is 2. The zero-order chi connectivity index (χ0) is 22.1. The third-order valence-electron chi connectivity index (χ3n) is 5.11. The van der Waals surface area contributed by atoms with Crippen LogP contribution in [-0.4, -0.2) is 51.5 Å². The second-order valence-electron chi connectivity index (χ2n) is 7.57. The lowest BCUT2D eigenvalue weighted by Crippen LogP contribution is -2.41. The smallest absolute Gasteiger partial charge is 0.218 e. The van der Waals surface area contributed by atoms with Gasteiger partial charge in [0.25, 0.3) is 0 Å². The van der Waals surface area contributed by atoms with Crippen LogP contribution in [0.15, 0.2) is 53.5 Å². The molecule has 2 aromatic rings. The molecular weight excluding hydrogens is 412 g/mol. The number of guanidine groups is 1. The monoisotopic (exact) mass is 444 g/mol. The summed E-state index contributed by atoms with van der Waals surface area (Å²) in [6.45, 7) is 7.63. The molecule has 7 nitrogen and oxygen atoms in total. The van der Waals surface area contributed by atoms with E-state index in [2.05, 4.69) is 40.7 Å². The summed E-state index contributed by atoms with van der Waals surface area (Å²) in [5.74, 6) is 0.691. The molecule has 31 heavy (non-hydrogen) atoms. The standard InChI is InChI=1S/C23H32N4O3S/c1-3-24-23(25-16-20-8-6-7-19(2)15-20)26-17-21-9-4-5-10-22(21)18-31(28,29)27-11-13-30-14-12-27/h4-10,15H,3,11-14,16-18H2,1-2H3,(H2,24,25,26). The average molecular weight is 445 g/mol. The van der Waals surface area contributed by atoms with Gasteiger partial charge in [-0.1, -0.05) is 54.1 Å². The summed E-state index contributed by atoms with van der Waals surface area (Å²) in [6.07, 6.45) is 0. The van der Waals surface area contributed by atoms with Gasteiger partial charge in [-0.2, -0.15) is 4.31 Å². The topological polar surface area (TPSA) is 83.0 Å². The van der Waals surface area contributed by atoms with Crippen molar-refractivity contribution in [3.05, 3.63) is 70.8 Å². The molecule has 1 fully saturated rings. The number of hydrogen-bond acceptors (Lipinski definition) is 4. The van der Waals surface area contributed by atoms with Gasteiger partial charge in [0.2, 0.25) is 10.0 Å². The molecule has 0 aliphatic carbocycles. The Labute approximate surface area is 185 Å². The number of ether oxygens (including phenoxy) is 1. The number of aliphatic imine (C=N–C) groups is 1. The SMILES string of the molecule is CCNC(=NCc1cccc(C)c1)NCc1ccccc1CS(=O)(=O)N1CCOCC1. The van der Waals surface area contributed by atoms with Crippen LogP contribution in [0.5, 0.6) is 0 Å². The minimum atomic E-state index is -3.38. The predicted octanol–water partition coefficient (Wildman–Crippen LogP) is 2.41. The van der Waals surface area contributed by atoms with E-state index in [1.54, 1.807) is 0 Å². The van der Waals surface area contributed by atoms with Crippen molar-refractivity contribution in [3.63, 3.8) is 0 Å². The molecule has 0 unspecified atom stereocenters. The van der Waals surface area contributed by atoms with Gasteiger partial charge in [0.05, 0.1) is 25.5 Å². The molecule has 3 rings (SSSR count). The number of aryl methyl sites for hydroxylation is 1. The summed E-state index contributed by atoms with van der Waals surface area (Å²) in [6, 6.07) is 15.9. The molecule has 168 valence electrons. The summed E-state index contributed by atoms with van der Waals surface area (Å²) in [7, 11) is -3.38. The molecule has 0 radical (unpaired) electrons. The van der Waals surface area contributed by atoms with E-state index in [9.17, 15) is 8.42 Å². The van der Waals surface area contributed by atoms with Crippen LogP contribution in [0, 0.1) is 6.92 Å². The quantitative estimate of drug-likeness (QED) is 0.483. The molecule has 1 heterocycles. The highest BCUT2D eigenvalue weighted by Crippen LogP contribution is 2.16. The molecule has 0 amide bonds. The number of morpholine rings is 1. The van der Waals surface area contributed by atoms with Crippen LogP contribution in [0.1, 0.15) is 29.2 Å². The summed E-state index contributed by atoms with van der Waals surface area (Å²) in [5.41, 5.74) is 4.10. The van der Waals surface area contributed by atoms with Gasteiger partial charge in [-0.15, -0.1) is 0 Å². The van der Waals surface area contributed by atoms with Crippen molar-refractivity contribution >= 4 is 16.0 Å². The first kappa shape index (κ1) is 23.2. The van der Waals surface area contributed by atoms with Gasteiger partial charge in [0.1, 0.15) is 0 Å². The van der Waals surface area contributed by atoms with Crippen LogP contribution in [0.3, 0.4) is 0 Å². The van der Waals surface area contributed by atoms with Gasteiger partial charge in [0, 0.05) is 26.2 Å². The lowest BCUT2D eigenvalue weighted by molar-refractivity contribution is 0.0729. The van der Waals surface area contributed by atoms with Crippen molar-refractivity contribution < 1.29 is 13.2 Å². The lowest BCUT2D eigenvalue weighted by Gasteiger charge is -2.26. The molecule has 8 heteroatoms. The maximum Gasteiger partial charge on any atom is 0.218 e. The second-order valence-corrected chi connectivity index (χ2v) is 9.54. The van der Waals surface area contributed by atoms with Gasteiger partial charge >= 0.3 is 0 Å². The summed E-state index contributed by atoms with van der Waals surface area (Å²) in [4.78, 5) is 4.67. The molecule has 1 saturated heterocycles. The van der Waals surface area contributed by atoms with E-state index in [1.807, 2.05) is 37.3 Å². The minimum absolute atomic E-state index is 0.0121. The number of nitrogens with one attached hydrogen (secondary N) is 2. The first-order chi connectivity index (χ1) is 15.0. The lowest BCUT2D eigenvalue weighted by atomic mass is 10.1. The van der Waals surface area contributed by atoms with Crippen molar-refractivity contribution in [1.29, 1.82) is 0 Å². The summed E-state index contributed by atoms with van der Waals surface area (Å²) < 4.78 is 32.5. The first-order valence-corrected chi connectivity index (χ1v) is 12.3. The molecule has 0 saturated carbocycles. The van der Waals surface area contributed by atoms with E-state index in [4.69, 9.17) is 4.74 Å². The summed E-state index contributed by atoms with van der Waals surface area (Å²) >= 11 is 0. The van der Waals surface area contributed by atoms with Gasteiger partial charge in [-0.25, -0.2) is 13.4 Å². The highest BCUT2D eigenvalue weighted by molar-refractivity contribution is 7.88. The van der Waals surface area contributed by atoms with Crippen LogP contribution in [0.25, 0.3) is 0 Å². The Balaban J connectivity index is 1.67. The van der Waals surface area contributed by atoms with E-state index < -0.39 is 10.0 Å². The maximum atomic E-state index is 12.8. The zero-order valence-electron chi connectivity index (χ0n) is 18.3. The Morgan fingerprint density at radius 3 is 2.52 bits per heavy atom. The third-order valence-corrected chi connectivity index (χ3v) is 6.94. The Hall–Kier alpha value is -2.42. The van der Waals surface area contributed by atoms with Crippen molar-refractivity contribution in [2.75, 3.05) is 32.8 Å². The molecule has 2 aromatic carbocycles. The average Bonchev–Trinajstić information content (AvgIpc) is 2.77.